The van der Waals surface area contributed by atoms with E-state index in [-0.39, 0.29) is 23.4 Å². The number of carbonyl (C=O) groups is 1. The van der Waals surface area contributed by atoms with E-state index in [2.05, 4.69) is 10.3 Å². The van der Waals surface area contributed by atoms with Crippen LogP contribution in [0.25, 0.3) is 10.9 Å². The van der Waals surface area contributed by atoms with Crippen molar-refractivity contribution >= 4 is 28.4 Å². The summed E-state index contributed by atoms with van der Waals surface area (Å²) in [5, 5.41) is 3.90. The van der Waals surface area contributed by atoms with Crippen LogP contribution in [0.15, 0.2) is 42.6 Å². The zero-order valence-electron chi connectivity index (χ0n) is 13.9. The molecule has 25 heavy (non-hydrogen) atoms. The molecule has 4 nitrogen and oxygen atoms in total. The largest absolute Gasteiger partial charge is 0.497 e. The number of H-pyrrole nitrogens is 1. The molecule has 1 heterocycles. The van der Waals surface area contributed by atoms with E-state index in [1.807, 2.05) is 31.3 Å². The van der Waals surface area contributed by atoms with Gasteiger partial charge in [0.15, 0.2) is 0 Å². The molecule has 1 aromatic heterocycles. The number of benzene rings is 2. The number of fused-ring (bicyclic) bond motifs is 1. The van der Waals surface area contributed by atoms with Crippen LogP contribution in [0.1, 0.15) is 24.1 Å². The molecule has 6 heteroatoms. The van der Waals surface area contributed by atoms with Crippen LogP contribution < -0.4 is 10.1 Å². The maximum atomic E-state index is 13.3. The number of amides is 1. The molecule has 130 valence electrons. The fourth-order valence-electron chi connectivity index (χ4n) is 2.76. The highest BCUT2D eigenvalue weighted by atomic mass is 35.5. The third kappa shape index (κ3) is 3.77. The third-order valence-corrected chi connectivity index (χ3v) is 4.44. The Kier molecular flexibility index (Phi) is 4.95. The Labute approximate surface area is 149 Å². The Bertz CT molecular complexity index is 923. The molecule has 2 N–H and O–H groups in total. The number of aromatic amines is 1. The van der Waals surface area contributed by atoms with Gasteiger partial charge in [0.25, 0.3) is 0 Å². The fraction of sp³-hybridized carbons (Fsp3) is 0.211. The third-order valence-electron chi connectivity index (χ3n) is 4.15. The van der Waals surface area contributed by atoms with Crippen LogP contribution in [0.5, 0.6) is 5.75 Å². The molecule has 3 aromatic rings. The molecule has 1 amide bonds. The molecule has 2 aromatic carbocycles. The molecule has 0 radical (unpaired) electrons. The molecule has 3 rings (SSSR count). The van der Waals surface area contributed by atoms with E-state index in [1.165, 1.54) is 12.1 Å². The molecule has 0 saturated heterocycles. The van der Waals surface area contributed by atoms with Crippen molar-refractivity contribution in [1.82, 2.24) is 10.3 Å². The molecule has 0 spiro atoms. The number of methoxy groups -OCH3 is 1. The number of nitrogens with one attached hydrogen (secondary N) is 2. The van der Waals surface area contributed by atoms with Crippen molar-refractivity contribution in [1.29, 1.82) is 0 Å². The first-order valence-corrected chi connectivity index (χ1v) is 8.24. The van der Waals surface area contributed by atoms with Crippen molar-refractivity contribution in [2.75, 3.05) is 7.11 Å². The highest BCUT2D eigenvalue weighted by Gasteiger charge is 2.14. The molecular weight excluding hydrogens is 343 g/mol. The topological polar surface area (TPSA) is 54.1 Å². The number of ether oxygens (including phenoxy) is 1. The van der Waals surface area contributed by atoms with Crippen molar-refractivity contribution < 1.29 is 13.9 Å². The highest BCUT2D eigenvalue weighted by molar-refractivity contribution is 6.30. The van der Waals surface area contributed by atoms with Crippen molar-refractivity contribution in [2.24, 2.45) is 0 Å². The minimum Gasteiger partial charge on any atom is -0.497 e. The van der Waals surface area contributed by atoms with Crippen molar-refractivity contribution in [3.63, 3.8) is 0 Å². The number of halogens is 2. The van der Waals surface area contributed by atoms with Crippen LogP contribution in [0.3, 0.4) is 0 Å². The summed E-state index contributed by atoms with van der Waals surface area (Å²) in [6.45, 7) is 1.83. The van der Waals surface area contributed by atoms with Gasteiger partial charge >= 0.3 is 0 Å². The smallest absolute Gasteiger partial charge is 0.224 e. The monoisotopic (exact) mass is 360 g/mol. The Morgan fingerprint density at radius 3 is 2.84 bits per heavy atom. The van der Waals surface area contributed by atoms with Gasteiger partial charge in [0.05, 0.1) is 24.6 Å². The highest BCUT2D eigenvalue weighted by Crippen LogP contribution is 2.24. The van der Waals surface area contributed by atoms with Crippen molar-refractivity contribution in [3.05, 3.63) is 64.6 Å². The number of hydrogen-bond donors (Lipinski definition) is 2. The van der Waals surface area contributed by atoms with Gasteiger partial charge in [0, 0.05) is 17.1 Å². The molecular formula is C19H18ClFN2O2. The average molecular weight is 361 g/mol. The molecule has 0 fully saturated rings. The quantitative estimate of drug-likeness (QED) is 0.709. The molecule has 1 atom stereocenters. The van der Waals surface area contributed by atoms with Crippen LogP contribution in [-0.4, -0.2) is 18.0 Å². The van der Waals surface area contributed by atoms with Crippen molar-refractivity contribution in [2.45, 2.75) is 19.4 Å². The Morgan fingerprint density at radius 1 is 1.32 bits per heavy atom. The molecule has 0 aliphatic carbocycles. The lowest BCUT2D eigenvalue weighted by atomic mass is 10.1. The van der Waals surface area contributed by atoms with Crippen LogP contribution in [0.4, 0.5) is 4.39 Å². The predicted octanol–water partition coefficient (Wildman–Crippen LogP) is 4.39. The number of hydrogen-bond acceptors (Lipinski definition) is 2. The first kappa shape index (κ1) is 17.3. The van der Waals surface area contributed by atoms with Crippen LogP contribution >= 0.6 is 11.6 Å². The summed E-state index contributed by atoms with van der Waals surface area (Å²) in [4.78, 5) is 15.5. The predicted molar refractivity (Wildman–Crippen MR) is 96.5 cm³/mol. The average Bonchev–Trinajstić information content (AvgIpc) is 2.99. The standard InChI is InChI=1S/C19H18ClFN2O2/c1-11(12-3-5-17(21)16(20)7-12)23-19(24)8-13-10-22-18-6-4-14(25-2)9-15(13)18/h3-7,9-11,22H,8H2,1-2H3,(H,23,24). The van der Waals surface area contributed by atoms with E-state index in [4.69, 9.17) is 16.3 Å². The number of aromatic nitrogens is 1. The van der Waals surface area contributed by atoms with Gasteiger partial charge in [0.2, 0.25) is 5.91 Å². The molecule has 0 saturated carbocycles. The van der Waals surface area contributed by atoms with E-state index in [0.717, 1.165) is 27.8 Å². The lowest BCUT2D eigenvalue weighted by Crippen LogP contribution is -2.28. The van der Waals surface area contributed by atoms with Gasteiger partial charge in [-0.2, -0.15) is 0 Å². The summed E-state index contributed by atoms with van der Waals surface area (Å²) in [7, 11) is 1.61. The van der Waals surface area contributed by atoms with Gasteiger partial charge in [-0.25, -0.2) is 4.39 Å². The second-order valence-corrected chi connectivity index (χ2v) is 6.27. The molecule has 0 bridgehead atoms. The van der Waals surface area contributed by atoms with Crippen molar-refractivity contribution in [3.8, 4) is 5.75 Å². The zero-order valence-corrected chi connectivity index (χ0v) is 14.7. The van der Waals surface area contributed by atoms with E-state index in [9.17, 15) is 9.18 Å². The van der Waals surface area contributed by atoms with Gasteiger partial charge < -0.3 is 15.0 Å². The second kappa shape index (κ2) is 7.15. The van der Waals surface area contributed by atoms with E-state index < -0.39 is 5.82 Å². The Hall–Kier alpha value is -2.53. The maximum Gasteiger partial charge on any atom is 0.224 e. The normalized spacial score (nSPS) is 12.2. The molecule has 1 unspecified atom stereocenters. The van der Waals surface area contributed by atoms with Gasteiger partial charge in [-0.3, -0.25) is 4.79 Å². The zero-order chi connectivity index (χ0) is 18.0. The van der Waals surface area contributed by atoms with Crippen LogP contribution in [-0.2, 0) is 11.2 Å². The van der Waals surface area contributed by atoms with Crippen LogP contribution in [0.2, 0.25) is 5.02 Å². The van der Waals surface area contributed by atoms with E-state index in [0.29, 0.717) is 0 Å². The van der Waals surface area contributed by atoms with E-state index >= 15 is 0 Å². The molecule has 0 aliphatic rings. The minimum atomic E-state index is -0.475. The lowest BCUT2D eigenvalue weighted by molar-refractivity contribution is -0.121. The summed E-state index contributed by atoms with van der Waals surface area (Å²) >= 11 is 5.80. The number of carbonyl (C=O) groups excluding carboxylic acids is 1. The molecule has 0 aliphatic heterocycles. The Balaban J connectivity index is 1.73. The Morgan fingerprint density at radius 2 is 2.12 bits per heavy atom. The summed E-state index contributed by atoms with van der Waals surface area (Å²) in [5.41, 5.74) is 2.58. The van der Waals surface area contributed by atoms with Gasteiger partial charge in [-0.1, -0.05) is 17.7 Å². The summed E-state index contributed by atoms with van der Waals surface area (Å²) in [6, 6.07) is 9.84. The second-order valence-electron chi connectivity index (χ2n) is 5.86. The first-order chi connectivity index (χ1) is 12.0. The number of rotatable bonds is 5. The summed E-state index contributed by atoms with van der Waals surface area (Å²) in [5.74, 6) is 0.136. The first-order valence-electron chi connectivity index (χ1n) is 7.86. The summed E-state index contributed by atoms with van der Waals surface area (Å²) in [6.07, 6.45) is 2.05. The van der Waals surface area contributed by atoms with Gasteiger partial charge in [-0.15, -0.1) is 0 Å². The fourth-order valence-corrected chi connectivity index (χ4v) is 2.95. The lowest BCUT2D eigenvalue weighted by Gasteiger charge is -2.15. The minimum absolute atomic E-state index is 0.0438. The van der Waals surface area contributed by atoms with E-state index in [1.54, 1.807) is 13.2 Å². The van der Waals surface area contributed by atoms with Gasteiger partial charge in [-0.05, 0) is 48.4 Å². The van der Waals surface area contributed by atoms with Gasteiger partial charge in [0.1, 0.15) is 11.6 Å². The SMILES string of the molecule is COc1ccc2[nH]cc(CC(=O)NC(C)c3ccc(F)c(Cl)c3)c2c1. The maximum absolute atomic E-state index is 13.3. The van der Waals surface area contributed by atoms with Crippen LogP contribution in [0, 0.1) is 5.82 Å². The summed E-state index contributed by atoms with van der Waals surface area (Å²) < 4.78 is 18.5.